The lowest BCUT2D eigenvalue weighted by Crippen LogP contribution is -2.33. The van der Waals surface area contributed by atoms with E-state index in [2.05, 4.69) is 5.32 Å². The van der Waals surface area contributed by atoms with Crippen molar-refractivity contribution in [1.29, 1.82) is 0 Å². The number of rotatable bonds is 10. The van der Waals surface area contributed by atoms with Crippen LogP contribution in [0.5, 0.6) is 5.75 Å². The Hall–Kier alpha value is -2.25. The van der Waals surface area contributed by atoms with E-state index in [-0.39, 0.29) is 24.9 Å². The summed E-state index contributed by atoms with van der Waals surface area (Å²) in [6.45, 7) is 4.03. The summed E-state index contributed by atoms with van der Waals surface area (Å²) < 4.78 is 31.1. The van der Waals surface area contributed by atoms with Crippen molar-refractivity contribution in [3.05, 3.63) is 58.6 Å². The highest BCUT2D eigenvalue weighted by Crippen LogP contribution is 2.27. The van der Waals surface area contributed by atoms with Crippen LogP contribution in [-0.4, -0.2) is 34.2 Å². The normalized spacial score (nSPS) is 12.3. The van der Waals surface area contributed by atoms with E-state index in [1.165, 1.54) is 4.31 Å². The van der Waals surface area contributed by atoms with Crippen molar-refractivity contribution in [2.75, 3.05) is 24.2 Å². The maximum Gasteiger partial charge on any atom is 0.232 e. The first-order valence-electron chi connectivity index (χ1n) is 9.83. The first-order valence-corrected chi connectivity index (χ1v) is 12.1. The Morgan fingerprint density at radius 2 is 1.87 bits per heavy atom. The third-order valence-corrected chi connectivity index (χ3v) is 6.28. The average Bonchev–Trinajstić information content (AvgIpc) is 2.70. The van der Waals surface area contributed by atoms with Crippen molar-refractivity contribution >= 4 is 33.2 Å². The minimum absolute atomic E-state index is 0.107. The van der Waals surface area contributed by atoms with Crippen LogP contribution in [0, 0.1) is 6.92 Å². The van der Waals surface area contributed by atoms with E-state index in [0.29, 0.717) is 17.1 Å². The Morgan fingerprint density at radius 3 is 2.43 bits per heavy atom. The van der Waals surface area contributed by atoms with Crippen molar-refractivity contribution < 1.29 is 17.9 Å². The number of halogens is 1. The van der Waals surface area contributed by atoms with Crippen LogP contribution < -0.4 is 14.4 Å². The van der Waals surface area contributed by atoms with E-state index < -0.39 is 10.0 Å². The van der Waals surface area contributed by atoms with Gasteiger partial charge in [-0.3, -0.25) is 9.10 Å². The molecule has 0 heterocycles. The van der Waals surface area contributed by atoms with Gasteiger partial charge in [0, 0.05) is 18.0 Å². The molecule has 1 unspecified atom stereocenters. The summed E-state index contributed by atoms with van der Waals surface area (Å²) in [7, 11) is -1.89. The number of carbonyl (C=O) groups is 1. The summed E-state index contributed by atoms with van der Waals surface area (Å²) in [5.74, 6) is 0.644. The van der Waals surface area contributed by atoms with Gasteiger partial charge in [0.1, 0.15) is 5.75 Å². The molecule has 1 atom stereocenters. The number of sulfonamides is 1. The van der Waals surface area contributed by atoms with Gasteiger partial charge in [-0.1, -0.05) is 36.7 Å². The fourth-order valence-electron chi connectivity index (χ4n) is 3.22. The number of anilines is 1. The Kier molecular flexibility index (Phi) is 8.55. The lowest BCUT2D eigenvalue weighted by Gasteiger charge is -2.24. The van der Waals surface area contributed by atoms with E-state index in [1.54, 1.807) is 25.3 Å². The topological polar surface area (TPSA) is 75.7 Å². The minimum atomic E-state index is -3.50. The summed E-state index contributed by atoms with van der Waals surface area (Å²) in [5.41, 5.74) is 2.34. The SMILES string of the molecule is CCC(NC(=O)CCCN(c1cc(Cl)ccc1C)S(C)(=O)=O)c1ccc(OC)cc1. The Morgan fingerprint density at radius 1 is 1.20 bits per heavy atom. The first kappa shape index (κ1) is 24.0. The first-order chi connectivity index (χ1) is 14.2. The second-order valence-corrected chi connectivity index (χ2v) is 9.51. The van der Waals surface area contributed by atoms with Crippen molar-refractivity contribution in [1.82, 2.24) is 5.32 Å². The average molecular weight is 453 g/mol. The van der Waals surface area contributed by atoms with Crippen molar-refractivity contribution in [3.8, 4) is 5.75 Å². The summed E-state index contributed by atoms with van der Waals surface area (Å²) in [5, 5.41) is 3.49. The van der Waals surface area contributed by atoms with Gasteiger partial charge in [-0.2, -0.15) is 0 Å². The number of nitrogens with one attached hydrogen (secondary N) is 1. The van der Waals surface area contributed by atoms with Crippen LogP contribution in [0.15, 0.2) is 42.5 Å². The third kappa shape index (κ3) is 6.64. The van der Waals surface area contributed by atoms with E-state index in [9.17, 15) is 13.2 Å². The number of nitrogens with zero attached hydrogens (tertiary/aromatic N) is 1. The maximum absolute atomic E-state index is 12.5. The number of hydrogen-bond acceptors (Lipinski definition) is 4. The molecule has 0 aliphatic rings. The van der Waals surface area contributed by atoms with E-state index >= 15 is 0 Å². The molecule has 0 saturated carbocycles. The van der Waals surface area contributed by atoms with Gasteiger partial charge in [0.25, 0.3) is 0 Å². The molecule has 0 radical (unpaired) electrons. The molecule has 30 heavy (non-hydrogen) atoms. The summed E-state index contributed by atoms with van der Waals surface area (Å²) in [6.07, 6.45) is 2.52. The highest BCUT2D eigenvalue weighted by molar-refractivity contribution is 7.92. The zero-order chi connectivity index (χ0) is 22.3. The van der Waals surface area contributed by atoms with Gasteiger partial charge in [-0.05, 0) is 55.2 Å². The summed E-state index contributed by atoms with van der Waals surface area (Å²) >= 11 is 6.05. The lowest BCUT2D eigenvalue weighted by atomic mass is 10.0. The fraction of sp³-hybridized carbons (Fsp3) is 0.409. The number of methoxy groups -OCH3 is 1. The summed E-state index contributed by atoms with van der Waals surface area (Å²) in [6, 6.07) is 12.6. The van der Waals surface area contributed by atoms with Crippen molar-refractivity contribution in [3.63, 3.8) is 0 Å². The number of benzene rings is 2. The minimum Gasteiger partial charge on any atom is -0.497 e. The molecule has 0 aliphatic heterocycles. The number of hydrogen-bond donors (Lipinski definition) is 1. The summed E-state index contributed by atoms with van der Waals surface area (Å²) in [4.78, 5) is 12.5. The number of aryl methyl sites for hydroxylation is 1. The number of amides is 1. The molecule has 0 aliphatic carbocycles. The highest BCUT2D eigenvalue weighted by atomic mass is 35.5. The fourth-order valence-corrected chi connectivity index (χ4v) is 4.40. The van der Waals surface area contributed by atoms with Gasteiger partial charge in [0.2, 0.25) is 15.9 Å². The molecule has 0 saturated heterocycles. The predicted octanol–water partition coefficient (Wildman–Crippen LogP) is 4.47. The molecule has 8 heteroatoms. The molecule has 164 valence electrons. The Labute approximate surface area is 184 Å². The standard InChI is InChI=1S/C22H29ClN2O4S/c1-5-20(17-9-12-19(29-3)13-10-17)24-22(26)7-6-14-25(30(4,27)28)21-15-18(23)11-8-16(21)2/h8-13,15,20H,5-7,14H2,1-4H3,(H,24,26). The highest BCUT2D eigenvalue weighted by Gasteiger charge is 2.20. The predicted molar refractivity (Wildman–Crippen MR) is 122 cm³/mol. The second kappa shape index (κ2) is 10.7. The van der Waals surface area contributed by atoms with Gasteiger partial charge in [0.05, 0.1) is 25.1 Å². The zero-order valence-corrected chi connectivity index (χ0v) is 19.4. The van der Waals surface area contributed by atoms with Gasteiger partial charge in [-0.15, -0.1) is 0 Å². The zero-order valence-electron chi connectivity index (χ0n) is 17.8. The smallest absolute Gasteiger partial charge is 0.232 e. The quantitative estimate of drug-likeness (QED) is 0.577. The number of carbonyl (C=O) groups excluding carboxylic acids is 1. The maximum atomic E-state index is 12.5. The molecule has 0 aromatic heterocycles. The van der Waals surface area contributed by atoms with Gasteiger partial charge in [-0.25, -0.2) is 8.42 Å². The van der Waals surface area contributed by atoms with Crippen LogP contribution in [0.4, 0.5) is 5.69 Å². The molecular formula is C22H29ClN2O4S. The number of ether oxygens (including phenoxy) is 1. The Balaban J connectivity index is 2.00. The van der Waals surface area contributed by atoms with Crippen LogP contribution >= 0.6 is 11.6 Å². The largest absolute Gasteiger partial charge is 0.497 e. The van der Waals surface area contributed by atoms with Gasteiger partial charge in [0.15, 0.2) is 0 Å². The van der Waals surface area contributed by atoms with Gasteiger partial charge < -0.3 is 10.1 Å². The van der Waals surface area contributed by atoms with Crippen LogP contribution in [0.3, 0.4) is 0 Å². The van der Waals surface area contributed by atoms with Crippen LogP contribution in [-0.2, 0) is 14.8 Å². The third-order valence-electron chi connectivity index (χ3n) is 4.87. The molecule has 2 aromatic rings. The Bertz CT molecular complexity index is 962. The molecule has 0 fully saturated rings. The molecule has 6 nitrogen and oxygen atoms in total. The van der Waals surface area contributed by atoms with E-state index in [0.717, 1.165) is 29.6 Å². The van der Waals surface area contributed by atoms with Crippen LogP contribution in [0.25, 0.3) is 0 Å². The second-order valence-electron chi connectivity index (χ2n) is 7.17. The van der Waals surface area contributed by atoms with Crippen molar-refractivity contribution in [2.24, 2.45) is 0 Å². The molecule has 0 bridgehead atoms. The van der Waals surface area contributed by atoms with E-state index in [4.69, 9.17) is 16.3 Å². The van der Waals surface area contributed by atoms with Crippen LogP contribution in [0.1, 0.15) is 43.4 Å². The van der Waals surface area contributed by atoms with E-state index in [1.807, 2.05) is 38.1 Å². The van der Waals surface area contributed by atoms with Crippen LogP contribution in [0.2, 0.25) is 5.02 Å². The molecule has 0 spiro atoms. The monoisotopic (exact) mass is 452 g/mol. The molecule has 1 amide bonds. The molecule has 2 rings (SSSR count). The molecule has 1 N–H and O–H groups in total. The van der Waals surface area contributed by atoms with Gasteiger partial charge >= 0.3 is 0 Å². The molecular weight excluding hydrogens is 424 g/mol. The lowest BCUT2D eigenvalue weighted by molar-refractivity contribution is -0.121. The van der Waals surface area contributed by atoms with Crippen molar-refractivity contribution in [2.45, 2.75) is 39.2 Å². The molecule has 2 aromatic carbocycles.